The molecular formula is C6H6Br2N2. The van der Waals surface area contributed by atoms with E-state index >= 15 is 0 Å². The molecule has 0 radical (unpaired) electrons. The van der Waals surface area contributed by atoms with Gasteiger partial charge in [-0.3, -0.25) is 4.85 Å². The number of alkyl halides is 2. The van der Waals surface area contributed by atoms with E-state index in [1.165, 1.54) is 0 Å². The maximum atomic E-state index is 8.23. The smallest absolute Gasteiger partial charge is 0.295 e. The lowest BCUT2D eigenvalue weighted by Gasteiger charge is -2.07. The Bertz CT molecular complexity index is 179. The second-order valence-electron chi connectivity index (χ2n) is 1.82. The predicted octanol–water partition coefficient (Wildman–Crippen LogP) is 2.70. The number of nitrogens with zero attached hydrogens (tertiary/aromatic N) is 2. The molecule has 0 spiro atoms. The number of hydrogen-bond acceptors (Lipinski definition) is 1. The van der Waals surface area contributed by atoms with Crippen LogP contribution in [-0.4, -0.2) is 9.78 Å². The van der Waals surface area contributed by atoms with Crippen molar-refractivity contribution in [2.24, 2.45) is 0 Å². The second-order valence-corrected chi connectivity index (χ2v) is 3.86. The van der Waals surface area contributed by atoms with Crippen LogP contribution in [0.4, 0.5) is 0 Å². The molecule has 0 fully saturated rings. The molecule has 10 heavy (non-hydrogen) atoms. The maximum Gasteiger partial charge on any atom is 0.295 e. The molecule has 0 aliphatic heterocycles. The van der Waals surface area contributed by atoms with E-state index < -0.39 is 4.45 Å². The van der Waals surface area contributed by atoms with E-state index in [1.54, 1.807) is 0 Å². The van der Waals surface area contributed by atoms with E-state index in [0.29, 0.717) is 18.2 Å². The van der Waals surface area contributed by atoms with Crippen molar-refractivity contribution in [3.63, 3.8) is 0 Å². The summed E-state index contributed by atoms with van der Waals surface area (Å²) < 4.78 is -0.567. The van der Waals surface area contributed by atoms with Crippen molar-refractivity contribution in [2.75, 3.05) is 5.33 Å². The molecule has 0 bridgehead atoms. The topological polar surface area (TPSA) is 28.1 Å². The second kappa shape index (κ2) is 4.71. The van der Waals surface area contributed by atoms with Crippen LogP contribution in [0.2, 0.25) is 0 Å². The molecular weight excluding hydrogens is 260 g/mol. The van der Waals surface area contributed by atoms with Gasteiger partial charge in [0.05, 0.1) is 17.8 Å². The summed E-state index contributed by atoms with van der Waals surface area (Å²) >= 11 is 6.42. The Balaban J connectivity index is 3.87. The molecule has 0 amide bonds. The van der Waals surface area contributed by atoms with Crippen LogP contribution in [0.25, 0.3) is 4.85 Å². The maximum absolute atomic E-state index is 8.23. The zero-order chi connectivity index (χ0) is 8.04. The van der Waals surface area contributed by atoms with Crippen LogP contribution in [0.3, 0.4) is 0 Å². The minimum Gasteiger partial charge on any atom is -0.297 e. The molecule has 0 aromatic carbocycles. The van der Waals surface area contributed by atoms with Gasteiger partial charge < -0.3 is 0 Å². The molecule has 0 aromatic rings. The number of nitriles is 1. The third-order valence-electron chi connectivity index (χ3n) is 1.03. The summed E-state index contributed by atoms with van der Waals surface area (Å²) in [5, 5.41) is 8.79. The fourth-order valence-electron chi connectivity index (χ4n) is 0.400. The van der Waals surface area contributed by atoms with Crippen LogP contribution in [0.15, 0.2) is 0 Å². The molecule has 0 aliphatic rings. The third-order valence-corrected chi connectivity index (χ3v) is 3.56. The molecule has 4 heteroatoms. The van der Waals surface area contributed by atoms with Crippen molar-refractivity contribution >= 4 is 31.9 Å². The van der Waals surface area contributed by atoms with E-state index in [9.17, 15) is 0 Å². The van der Waals surface area contributed by atoms with Gasteiger partial charge in [-0.2, -0.15) is 5.26 Å². The normalized spacial score (nSPS) is 14.8. The lowest BCUT2D eigenvalue weighted by molar-refractivity contribution is 0.737. The Morgan fingerprint density at radius 2 is 2.30 bits per heavy atom. The number of hydrogen-bond donors (Lipinski definition) is 0. The average Bonchev–Trinajstić information content (AvgIpc) is 2.00. The van der Waals surface area contributed by atoms with Crippen molar-refractivity contribution in [3.05, 3.63) is 11.4 Å². The molecule has 0 saturated heterocycles. The zero-order valence-corrected chi connectivity index (χ0v) is 8.44. The van der Waals surface area contributed by atoms with Crippen molar-refractivity contribution < 1.29 is 0 Å². The standard InChI is InChI=1S/C6H6Br2N2/c1-10-6(8,5-7)3-2-4-9/h2-3,5H2. The molecule has 0 aromatic heterocycles. The Morgan fingerprint density at radius 3 is 2.60 bits per heavy atom. The molecule has 0 saturated carbocycles. The first kappa shape index (κ1) is 9.94. The van der Waals surface area contributed by atoms with Gasteiger partial charge in [0.1, 0.15) is 0 Å². The SMILES string of the molecule is [C-]#[N+]C(Br)(CBr)CCC#N. The first-order valence-corrected chi connectivity index (χ1v) is 4.60. The van der Waals surface area contributed by atoms with E-state index in [2.05, 4.69) is 36.7 Å². The fraction of sp³-hybridized carbons (Fsp3) is 0.667. The monoisotopic (exact) mass is 264 g/mol. The average molecular weight is 266 g/mol. The van der Waals surface area contributed by atoms with E-state index in [4.69, 9.17) is 11.8 Å². The summed E-state index contributed by atoms with van der Waals surface area (Å²) in [4.78, 5) is 3.34. The molecule has 0 rings (SSSR count). The Kier molecular flexibility index (Phi) is 4.68. The first-order valence-electron chi connectivity index (χ1n) is 2.69. The van der Waals surface area contributed by atoms with E-state index in [-0.39, 0.29) is 0 Å². The minimum absolute atomic E-state index is 0.416. The van der Waals surface area contributed by atoms with Crippen molar-refractivity contribution in [3.8, 4) is 6.07 Å². The van der Waals surface area contributed by atoms with Crippen LogP contribution in [0.5, 0.6) is 0 Å². The van der Waals surface area contributed by atoms with Crippen molar-refractivity contribution in [2.45, 2.75) is 17.3 Å². The quantitative estimate of drug-likeness (QED) is 0.438. The fourth-order valence-corrected chi connectivity index (χ4v) is 1.00. The molecule has 1 unspecified atom stereocenters. The van der Waals surface area contributed by atoms with Crippen molar-refractivity contribution in [1.82, 2.24) is 0 Å². The van der Waals surface area contributed by atoms with Crippen LogP contribution >= 0.6 is 31.9 Å². The molecule has 0 heterocycles. The summed E-state index contributed by atoms with van der Waals surface area (Å²) in [7, 11) is 0. The highest BCUT2D eigenvalue weighted by molar-refractivity contribution is 9.12. The summed E-state index contributed by atoms with van der Waals surface area (Å²) in [5.41, 5.74) is 0. The molecule has 0 aliphatic carbocycles. The highest BCUT2D eigenvalue weighted by Gasteiger charge is 2.30. The predicted molar refractivity (Wildman–Crippen MR) is 46.9 cm³/mol. The summed E-state index contributed by atoms with van der Waals surface area (Å²) in [5.74, 6) is 0. The molecule has 2 nitrogen and oxygen atoms in total. The van der Waals surface area contributed by atoms with Crippen LogP contribution in [-0.2, 0) is 0 Å². The Morgan fingerprint density at radius 1 is 1.70 bits per heavy atom. The van der Waals surface area contributed by atoms with Crippen LogP contribution in [0, 0.1) is 17.9 Å². The van der Waals surface area contributed by atoms with Crippen LogP contribution < -0.4 is 0 Å². The van der Waals surface area contributed by atoms with Gasteiger partial charge in [0.25, 0.3) is 4.45 Å². The van der Waals surface area contributed by atoms with Crippen LogP contribution in [0.1, 0.15) is 12.8 Å². The van der Waals surface area contributed by atoms with Gasteiger partial charge in [-0.1, -0.05) is 15.9 Å². The van der Waals surface area contributed by atoms with Gasteiger partial charge in [0.15, 0.2) is 0 Å². The van der Waals surface area contributed by atoms with Gasteiger partial charge >= 0.3 is 0 Å². The minimum atomic E-state index is -0.567. The van der Waals surface area contributed by atoms with Gasteiger partial charge in [-0.05, 0) is 0 Å². The lowest BCUT2D eigenvalue weighted by atomic mass is 10.2. The Hall–Kier alpha value is -0.0600. The molecule has 1 atom stereocenters. The van der Waals surface area contributed by atoms with E-state index in [0.717, 1.165) is 0 Å². The third kappa shape index (κ3) is 3.20. The van der Waals surface area contributed by atoms with E-state index in [1.807, 2.05) is 6.07 Å². The first-order chi connectivity index (χ1) is 4.68. The molecule has 0 N–H and O–H groups in total. The number of halogens is 2. The van der Waals surface area contributed by atoms with Gasteiger partial charge in [-0.15, -0.1) is 0 Å². The van der Waals surface area contributed by atoms with Crippen molar-refractivity contribution in [1.29, 1.82) is 5.26 Å². The number of rotatable bonds is 3. The van der Waals surface area contributed by atoms with Gasteiger partial charge in [0, 0.05) is 22.4 Å². The largest absolute Gasteiger partial charge is 0.297 e. The summed E-state index contributed by atoms with van der Waals surface area (Å²) in [6.07, 6.45) is 0.984. The summed E-state index contributed by atoms with van der Waals surface area (Å²) in [6.45, 7) is 6.77. The molecule has 54 valence electrons. The zero-order valence-electron chi connectivity index (χ0n) is 5.27. The highest BCUT2D eigenvalue weighted by atomic mass is 79.9. The summed E-state index contributed by atoms with van der Waals surface area (Å²) in [6, 6.07) is 2.00. The Labute approximate surface area is 77.3 Å². The lowest BCUT2D eigenvalue weighted by Crippen LogP contribution is -2.16. The highest BCUT2D eigenvalue weighted by Crippen LogP contribution is 2.27. The van der Waals surface area contributed by atoms with Gasteiger partial charge in [0.2, 0.25) is 0 Å². The van der Waals surface area contributed by atoms with Gasteiger partial charge in [-0.25, -0.2) is 6.57 Å².